The van der Waals surface area contributed by atoms with Crippen molar-refractivity contribution in [1.82, 2.24) is 4.90 Å². The summed E-state index contributed by atoms with van der Waals surface area (Å²) < 4.78 is 65.8. The van der Waals surface area contributed by atoms with E-state index in [2.05, 4.69) is 0 Å². The van der Waals surface area contributed by atoms with Crippen molar-refractivity contribution < 1.29 is 31.8 Å². The van der Waals surface area contributed by atoms with Crippen molar-refractivity contribution in [1.29, 1.82) is 0 Å². The number of rotatable bonds is 4. The summed E-state index contributed by atoms with van der Waals surface area (Å²) in [5.41, 5.74) is 0.385. The maximum atomic E-state index is 14.6. The molecule has 4 rings (SSSR count). The monoisotopic (exact) mass is 493 g/mol. The van der Waals surface area contributed by atoms with Gasteiger partial charge in [-0.3, -0.25) is 4.79 Å². The molecule has 1 atom stereocenters. The number of alkyl halides is 3. The third-order valence-electron chi connectivity index (χ3n) is 5.84. The molecule has 34 heavy (non-hydrogen) atoms. The Morgan fingerprint density at radius 3 is 2.35 bits per heavy atom. The molecule has 178 valence electrons. The molecule has 0 bridgehead atoms. The van der Waals surface area contributed by atoms with Crippen molar-refractivity contribution in [2.75, 3.05) is 20.8 Å². The van der Waals surface area contributed by atoms with Crippen LogP contribution in [0.1, 0.15) is 38.7 Å². The minimum atomic E-state index is -4.57. The third-order valence-corrected chi connectivity index (χ3v) is 6.16. The molecule has 1 amide bonds. The van der Waals surface area contributed by atoms with E-state index in [1.807, 2.05) is 0 Å². The molecule has 0 N–H and O–H groups in total. The molecule has 1 aliphatic heterocycles. The Labute approximate surface area is 198 Å². The minimum absolute atomic E-state index is 0.0779. The number of nitrogens with zero attached hydrogens (tertiary/aromatic N) is 1. The highest BCUT2D eigenvalue weighted by Crippen LogP contribution is 2.43. The predicted molar refractivity (Wildman–Crippen MR) is 119 cm³/mol. The van der Waals surface area contributed by atoms with Gasteiger partial charge in [0.25, 0.3) is 5.91 Å². The van der Waals surface area contributed by atoms with Gasteiger partial charge in [0.05, 0.1) is 36.4 Å². The quantitative estimate of drug-likeness (QED) is 0.400. The van der Waals surface area contributed by atoms with Crippen molar-refractivity contribution >= 4 is 17.5 Å². The fourth-order valence-corrected chi connectivity index (χ4v) is 4.50. The number of halogens is 5. The maximum Gasteiger partial charge on any atom is 0.416 e. The second-order valence-corrected chi connectivity index (χ2v) is 8.18. The van der Waals surface area contributed by atoms with E-state index < -0.39 is 29.5 Å². The zero-order valence-corrected chi connectivity index (χ0v) is 19.0. The van der Waals surface area contributed by atoms with Crippen molar-refractivity contribution in [2.24, 2.45) is 0 Å². The van der Waals surface area contributed by atoms with E-state index in [1.165, 1.54) is 43.4 Å². The molecule has 3 aromatic carbocycles. The van der Waals surface area contributed by atoms with Gasteiger partial charge in [-0.25, -0.2) is 4.39 Å². The highest BCUT2D eigenvalue weighted by molar-refractivity contribution is 6.33. The normalized spacial score (nSPS) is 15.6. The molecule has 9 heteroatoms. The Kier molecular flexibility index (Phi) is 6.45. The zero-order chi connectivity index (χ0) is 24.6. The minimum Gasteiger partial charge on any atom is -0.493 e. The fraction of sp³-hybridized carbons (Fsp3) is 0.240. The molecule has 1 heterocycles. The summed E-state index contributed by atoms with van der Waals surface area (Å²) in [6.07, 6.45) is -4.20. The molecule has 0 fully saturated rings. The lowest BCUT2D eigenvalue weighted by atomic mass is 9.86. The summed E-state index contributed by atoms with van der Waals surface area (Å²) in [6.45, 7) is 0.132. The average molecular weight is 494 g/mol. The largest absolute Gasteiger partial charge is 0.493 e. The summed E-state index contributed by atoms with van der Waals surface area (Å²) in [4.78, 5) is 14.9. The van der Waals surface area contributed by atoms with E-state index in [-0.39, 0.29) is 22.7 Å². The molecular formula is C25H20ClF4NO3. The van der Waals surface area contributed by atoms with Crippen LogP contribution < -0.4 is 9.47 Å². The number of hydrogen-bond donors (Lipinski definition) is 0. The second kappa shape index (κ2) is 9.18. The topological polar surface area (TPSA) is 38.8 Å². The van der Waals surface area contributed by atoms with Crippen LogP contribution in [0.2, 0.25) is 5.02 Å². The summed E-state index contributed by atoms with van der Waals surface area (Å²) >= 11 is 6.14. The number of fused-ring (bicyclic) bond motifs is 1. The number of ether oxygens (including phenoxy) is 2. The Bertz CT molecular complexity index is 1230. The molecule has 0 saturated heterocycles. The van der Waals surface area contributed by atoms with E-state index in [9.17, 15) is 22.4 Å². The van der Waals surface area contributed by atoms with Gasteiger partial charge in [0.1, 0.15) is 5.82 Å². The summed E-state index contributed by atoms with van der Waals surface area (Å²) in [6, 6.07) is 11.1. The first-order chi connectivity index (χ1) is 16.2. The molecule has 1 unspecified atom stereocenters. The summed E-state index contributed by atoms with van der Waals surface area (Å²) in [5, 5.41) is -0.0779. The summed E-state index contributed by atoms with van der Waals surface area (Å²) in [7, 11) is 2.92. The summed E-state index contributed by atoms with van der Waals surface area (Å²) in [5.74, 6) is -0.707. The Morgan fingerprint density at radius 2 is 1.71 bits per heavy atom. The van der Waals surface area contributed by atoms with E-state index in [0.717, 1.165) is 23.8 Å². The molecular weight excluding hydrogens is 474 g/mol. The Hall–Kier alpha value is -3.26. The van der Waals surface area contributed by atoms with E-state index >= 15 is 0 Å². The van der Waals surface area contributed by atoms with Gasteiger partial charge < -0.3 is 14.4 Å². The van der Waals surface area contributed by atoms with Crippen LogP contribution in [-0.2, 0) is 12.6 Å². The van der Waals surface area contributed by atoms with Crippen LogP contribution in [0.15, 0.2) is 54.6 Å². The van der Waals surface area contributed by atoms with Crippen LogP contribution >= 0.6 is 11.6 Å². The molecule has 0 radical (unpaired) electrons. The van der Waals surface area contributed by atoms with Crippen LogP contribution in [0.4, 0.5) is 17.6 Å². The molecule has 0 saturated carbocycles. The first-order valence-corrected chi connectivity index (χ1v) is 10.7. The number of carbonyl (C=O) groups excluding carboxylic acids is 1. The van der Waals surface area contributed by atoms with Crippen LogP contribution in [-0.4, -0.2) is 31.6 Å². The van der Waals surface area contributed by atoms with Crippen LogP contribution in [0.5, 0.6) is 11.5 Å². The molecule has 0 aromatic heterocycles. The molecule has 0 aliphatic carbocycles. The van der Waals surface area contributed by atoms with E-state index in [0.29, 0.717) is 23.5 Å². The van der Waals surface area contributed by atoms with Crippen LogP contribution in [0.3, 0.4) is 0 Å². The van der Waals surface area contributed by atoms with Crippen molar-refractivity contribution in [3.63, 3.8) is 0 Å². The SMILES string of the molecule is COc1cc2c(cc1OC)C(c1cccc(C(F)(F)F)c1)N(C(=O)c1c(F)cccc1Cl)CC2. The van der Waals surface area contributed by atoms with Crippen molar-refractivity contribution in [2.45, 2.75) is 18.6 Å². The first kappa shape index (κ1) is 23.9. The van der Waals surface area contributed by atoms with Gasteiger partial charge in [-0.05, 0) is 59.5 Å². The highest BCUT2D eigenvalue weighted by atomic mass is 35.5. The lowest BCUT2D eigenvalue weighted by Gasteiger charge is -2.38. The Morgan fingerprint density at radius 1 is 1.03 bits per heavy atom. The van der Waals surface area contributed by atoms with Crippen molar-refractivity contribution in [3.05, 3.63) is 93.3 Å². The smallest absolute Gasteiger partial charge is 0.416 e. The Balaban J connectivity index is 1.92. The van der Waals surface area contributed by atoms with Crippen molar-refractivity contribution in [3.8, 4) is 11.5 Å². The van der Waals surface area contributed by atoms with Gasteiger partial charge in [0.15, 0.2) is 11.5 Å². The number of benzene rings is 3. The lowest BCUT2D eigenvalue weighted by molar-refractivity contribution is -0.137. The highest BCUT2D eigenvalue weighted by Gasteiger charge is 2.37. The van der Waals surface area contributed by atoms with Crippen LogP contribution in [0, 0.1) is 5.82 Å². The third kappa shape index (κ3) is 4.30. The molecule has 1 aliphatic rings. The molecule has 3 aromatic rings. The van der Waals surface area contributed by atoms with E-state index in [1.54, 1.807) is 12.1 Å². The van der Waals surface area contributed by atoms with Gasteiger partial charge in [-0.15, -0.1) is 0 Å². The lowest BCUT2D eigenvalue weighted by Crippen LogP contribution is -2.41. The standard InChI is InChI=1S/C25H20ClF4NO3/c1-33-20-12-14-9-10-31(24(32)22-18(26)7-4-8-19(22)27)23(17(14)13-21(20)34-2)15-5-3-6-16(11-15)25(28,29)30/h3-8,11-13,23H,9-10H2,1-2H3. The number of methoxy groups -OCH3 is 2. The van der Waals surface area contributed by atoms with Gasteiger partial charge >= 0.3 is 6.18 Å². The number of carbonyl (C=O) groups is 1. The average Bonchev–Trinajstić information content (AvgIpc) is 2.81. The van der Waals surface area contributed by atoms with Gasteiger partial charge in [0.2, 0.25) is 0 Å². The maximum absolute atomic E-state index is 14.6. The van der Waals surface area contributed by atoms with Gasteiger partial charge in [0, 0.05) is 6.54 Å². The number of hydrogen-bond acceptors (Lipinski definition) is 3. The molecule has 4 nitrogen and oxygen atoms in total. The predicted octanol–water partition coefficient (Wildman–Crippen LogP) is 6.30. The number of amides is 1. The van der Waals surface area contributed by atoms with E-state index in [4.69, 9.17) is 21.1 Å². The zero-order valence-electron chi connectivity index (χ0n) is 18.2. The van der Waals surface area contributed by atoms with Gasteiger partial charge in [-0.1, -0.05) is 29.8 Å². The fourth-order valence-electron chi connectivity index (χ4n) is 4.25. The second-order valence-electron chi connectivity index (χ2n) is 7.78. The van der Waals surface area contributed by atoms with Crippen LogP contribution in [0.25, 0.3) is 0 Å². The molecule has 0 spiro atoms. The first-order valence-electron chi connectivity index (χ1n) is 10.3. The van der Waals surface area contributed by atoms with Gasteiger partial charge in [-0.2, -0.15) is 13.2 Å².